The number of aryl methyl sites for hydroxylation is 1. The molecule has 0 aliphatic rings. The van der Waals surface area contributed by atoms with Crippen LogP contribution in [0.25, 0.3) is 0 Å². The number of sulfonamides is 1. The van der Waals surface area contributed by atoms with Crippen LogP contribution in [0.2, 0.25) is 0 Å². The van der Waals surface area contributed by atoms with Gasteiger partial charge in [-0.15, -0.1) is 0 Å². The Bertz CT molecular complexity index is 649. The maximum absolute atomic E-state index is 12.3. The van der Waals surface area contributed by atoms with E-state index >= 15 is 0 Å². The van der Waals surface area contributed by atoms with Crippen molar-refractivity contribution in [3.05, 3.63) is 51.7 Å². The van der Waals surface area contributed by atoms with Crippen molar-refractivity contribution >= 4 is 21.4 Å². The normalized spacial score (nSPS) is 11.7. The van der Waals surface area contributed by atoms with Gasteiger partial charge in [0.25, 0.3) is 0 Å². The van der Waals surface area contributed by atoms with Gasteiger partial charge in [-0.05, 0) is 46.5 Å². The zero-order chi connectivity index (χ0) is 13.9. The fraction of sp³-hybridized carbons (Fsp3) is 0.231. The first-order chi connectivity index (χ1) is 9.03. The summed E-state index contributed by atoms with van der Waals surface area (Å²) in [6.45, 7) is 2.41. The van der Waals surface area contributed by atoms with E-state index in [1.54, 1.807) is 30.4 Å². The van der Waals surface area contributed by atoms with Gasteiger partial charge in [-0.2, -0.15) is 11.3 Å². The SMILES string of the molecule is Cc1ccc(CN)cc1S(=O)(=O)NCc1ccsc1. The summed E-state index contributed by atoms with van der Waals surface area (Å²) in [4.78, 5) is 0.297. The molecule has 0 bridgehead atoms. The lowest BCUT2D eigenvalue weighted by Gasteiger charge is -2.10. The Hall–Kier alpha value is -1.21. The number of nitrogens with one attached hydrogen (secondary N) is 1. The zero-order valence-electron chi connectivity index (χ0n) is 10.6. The standard InChI is InChI=1S/C13H16N2O2S2/c1-10-2-3-11(7-14)6-13(10)19(16,17)15-8-12-4-5-18-9-12/h2-6,9,15H,7-8,14H2,1H3. The molecular formula is C13H16N2O2S2. The molecule has 3 N–H and O–H groups in total. The molecule has 1 aromatic heterocycles. The third-order valence-electron chi connectivity index (χ3n) is 2.82. The molecule has 0 amide bonds. The average Bonchev–Trinajstić information content (AvgIpc) is 2.90. The first-order valence-electron chi connectivity index (χ1n) is 5.83. The van der Waals surface area contributed by atoms with Crippen LogP contribution in [-0.2, 0) is 23.1 Å². The lowest BCUT2D eigenvalue weighted by molar-refractivity contribution is 0.580. The van der Waals surface area contributed by atoms with Crippen molar-refractivity contribution in [2.45, 2.75) is 24.9 Å². The van der Waals surface area contributed by atoms with Crippen molar-refractivity contribution in [1.29, 1.82) is 0 Å². The highest BCUT2D eigenvalue weighted by atomic mass is 32.2. The largest absolute Gasteiger partial charge is 0.326 e. The van der Waals surface area contributed by atoms with Gasteiger partial charge in [0, 0.05) is 13.1 Å². The number of thiophene rings is 1. The van der Waals surface area contributed by atoms with Gasteiger partial charge in [0.05, 0.1) is 4.90 Å². The minimum absolute atomic E-state index is 0.297. The first kappa shape index (κ1) is 14.2. The highest BCUT2D eigenvalue weighted by molar-refractivity contribution is 7.89. The van der Waals surface area contributed by atoms with E-state index in [-0.39, 0.29) is 0 Å². The summed E-state index contributed by atoms with van der Waals surface area (Å²) in [6.07, 6.45) is 0. The van der Waals surface area contributed by atoms with Crippen LogP contribution >= 0.6 is 11.3 Å². The summed E-state index contributed by atoms with van der Waals surface area (Å²) in [7, 11) is -3.50. The van der Waals surface area contributed by atoms with E-state index in [0.717, 1.165) is 16.7 Å². The third kappa shape index (κ3) is 3.42. The van der Waals surface area contributed by atoms with Gasteiger partial charge in [-0.1, -0.05) is 12.1 Å². The van der Waals surface area contributed by atoms with Crippen molar-refractivity contribution < 1.29 is 8.42 Å². The fourth-order valence-corrected chi connectivity index (χ4v) is 3.69. The predicted molar refractivity (Wildman–Crippen MR) is 77.4 cm³/mol. The quantitative estimate of drug-likeness (QED) is 0.886. The Morgan fingerprint density at radius 1 is 1.26 bits per heavy atom. The summed E-state index contributed by atoms with van der Waals surface area (Å²) < 4.78 is 27.1. The van der Waals surface area contributed by atoms with Crippen molar-refractivity contribution in [3.63, 3.8) is 0 Å². The van der Waals surface area contributed by atoms with Gasteiger partial charge in [0.2, 0.25) is 10.0 Å². The molecule has 0 fully saturated rings. The highest BCUT2D eigenvalue weighted by Gasteiger charge is 2.16. The molecule has 102 valence electrons. The summed E-state index contributed by atoms with van der Waals surface area (Å²) in [5, 5.41) is 3.84. The Labute approximate surface area is 117 Å². The number of hydrogen-bond donors (Lipinski definition) is 2. The van der Waals surface area contributed by atoms with E-state index in [9.17, 15) is 8.42 Å². The van der Waals surface area contributed by atoms with Crippen molar-refractivity contribution in [1.82, 2.24) is 4.72 Å². The molecule has 6 heteroatoms. The van der Waals surface area contributed by atoms with E-state index in [1.165, 1.54) is 0 Å². The van der Waals surface area contributed by atoms with Gasteiger partial charge in [0.15, 0.2) is 0 Å². The average molecular weight is 296 g/mol. The topological polar surface area (TPSA) is 72.2 Å². The molecule has 0 aliphatic heterocycles. The van der Waals surface area contributed by atoms with E-state index < -0.39 is 10.0 Å². The number of nitrogens with two attached hydrogens (primary N) is 1. The Kier molecular flexibility index (Phi) is 4.36. The Morgan fingerprint density at radius 2 is 2.05 bits per heavy atom. The van der Waals surface area contributed by atoms with Crippen molar-refractivity contribution in [3.8, 4) is 0 Å². The van der Waals surface area contributed by atoms with Gasteiger partial charge in [-0.3, -0.25) is 0 Å². The van der Waals surface area contributed by atoms with Crippen LogP contribution in [0.3, 0.4) is 0 Å². The molecule has 4 nitrogen and oxygen atoms in total. The van der Waals surface area contributed by atoms with Gasteiger partial charge in [-0.25, -0.2) is 13.1 Å². The van der Waals surface area contributed by atoms with Crippen LogP contribution in [-0.4, -0.2) is 8.42 Å². The van der Waals surface area contributed by atoms with Crippen LogP contribution < -0.4 is 10.5 Å². The molecule has 2 aromatic rings. The van der Waals surface area contributed by atoms with E-state index in [2.05, 4.69) is 4.72 Å². The summed E-state index contributed by atoms with van der Waals surface area (Å²) in [5.74, 6) is 0. The molecule has 2 rings (SSSR count). The van der Waals surface area contributed by atoms with Gasteiger partial charge >= 0.3 is 0 Å². The minimum Gasteiger partial charge on any atom is -0.326 e. The minimum atomic E-state index is -3.50. The molecule has 1 heterocycles. The smallest absolute Gasteiger partial charge is 0.241 e. The highest BCUT2D eigenvalue weighted by Crippen LogP contribution is 2.17. The van der Waals surface area contributed by atoms with Gasteiger partial charge in [0.1, 0.15) is 0 Å². The van der Waals surface area contributed by atoms with Crippen molar-refractivity contribution in [2.75, 3.05) is 0 Å². The molecule has 1 aromatic carbocycles. The van der Waals surface area contributed by atoms with Crippen LogP contribution in [0, 0.1) is 6.92 Å². The van der Waals surface area contributed by atoms with E-state index in [4.69, 9.17) is 5.73 Å². The van der Waals surface area contributed by atoms with Crippen molar-refractivity contribution in [2.24, 2.45) is 5.73 Å². The molecule has 0 atom stereocenters. The molecule has 0 radical (unpaired) electrons. The number of rotatable bonds is 5. The maximum Gasteiger partial charge on any atom is 0.241 e. The van der Waals surface area contributed by atoms with E-state index in [1.807, 2.05) is 22.9 Å². The van der Waals surface area contributed by atoms with Crippen LogP contribution in [0.15, 0.2) is 39.9 Å². The second-order valence-electron chi connectivity index (χ2n) is 4.26. The first-order valence-corrected chi connectivity index (χ1v) is 8.26. The number of benzene rings is 1. The lowest BCUT2D eigenvalue weighted by Crippen LogP contribution is -2.24. The second kappa shape index (κ2) is 5.83. The lowest BCUT2D eigenvalue weighted by atomic mass is 10.1. The summed E-state index contributed by atoms with van der Waals surface area (Å²) in [6, 6.07) is 7.15. The summed E-state index contributed by atoms with van der Waals surface area (Å²) in [5.41, 5.74) is 8.03. The molecule has 0 saturated heterocycles. The Balaban J connectivity index is 2.23. The van der Waals surface area contributed by atoms with E-state index in [0.29, 0.717) is 18.0 Å². The third-order valence-corrected chi connectivity index (χ3v) is 5.10. The van der Waals surface area contributed by atoms with Crippen LogP contribution in [0.1, 0.15) is 16.7 Å². The van der Waals surface area contributed by atoms with Crippen LogP contribution in [0.5, 0.6) is 0 Å². The molecule has 0 aliphatic carbocycles. The monoisotopic (exact) mass is 296 g/mol. The summed E-state index contributed by atoms with van der Waals surface area (Å²) >= 11 is 1.54. The number of hydrogen-bond acceptors (Lipinski definition) is 4. The maximum atomic E-state index is 12.3. The van der Waals surface area contributed by atoms with Gasteiger partial charge < -0.3 is 5.73 Å². The predicted octanol–water partition coefficient (Wildman–Crippen LogP) is 1.99. The molecule has 19 heavy (non-hydrogen) atoms. The molecule has 0 saturated carbocycles. The molecular weight excluding hydrogens is 280 g/mol. The molecule has 0 spiro atoms. The van der Waals surface area contributed by atoms with Crippen LogP contribution in [0.4, 0.5) is 0 Å². The Morgan fingerprint density at radius 3 is 2.68 bits per heavy atom. The second-order valence-corrected chi connectivity index (χ2v) is 6.78. The zero-order valence-corrected chi connectivity index (χ0v) is 12.2. The fourth-order valence-electron chi connectivity index (χ4n) is 1.71. The molecule has 0 unspecified atom stereocenters.